The smallest absolute Gasteiger partial charge is 0.275 e. The molecule has 0 amide bonds. The molecule has 2 heterocycles. The van der Waals surface area contributed by atoms with E-state index in [0.29, 0.717) is 11.0 Å². The van der Waals surface area contributed by atoms with E-state index in [9.17, 15) is 4.79 Å². The van der Waals surface area contributed by atoms with Gasteiger partial charge in [-0.2, -0.15) is 4.52 Å². The summed E-state index contributed by atoms with van der Waals surface area (Å²) in [5.74, 6) is 0. The highest BCUT2D eigenvalue weighted by Crippen LogP contribution is 2.17. The van der Waals surface area contributed by atoms with E-state index in [2.05, 4.69) is 20.7 Å². The molecule has 21 heavy (non-hydrogen) atoms. The fourth-order valence-electron chi connectivity index (χ4n) is 2.71. The van der Waals surface area contributed by atoms with Crippen LogP contribution >= 0.6 is 11.3 Å². The van der Waals surface area contributed by atoms with Crippen molar-refractivity contribution in [2.75, 3.05) is 18.4 Å². The van der Waals surface area contributed by atoms with Gasteiger partial charge in [-0.15, -0.1) is 5.10 Å². The average molecular weight is 307 g/mol. The van der Waals surface area contributed by atoms with Gasteiger partial charge >= 0.3 is 0 Å². The summed E-state index contributed by atoms with van der Waals surface area (Å²) in [5, 5.41) is 11.9. The quantitative estimate of drug-likeness (QED) is 0.797. The average Bonchev–Trinajstić information content (AvgIpc) is 2.92. The number of hydrogen-bond acceptors (Lipinski definition) is 6. The first-order valence-corrected chi connectivity index (χ1v) is 8.47. The van der Waals surface area contributed by atoms with E-state index in [-0.39, 0.29) is 5.56 Å². The molecule has 114 valence electrons. The van der Waals surface area contributed by atoms with Gasteiger partial charge in [0.2, 0.25) is 10.1 Å². The lowest BCUT2D eigenvalue weighted by Crippen LogP contribution is -2.32. The number of rotatable bonds is 6. The molecule has 1 aliphatic carbocycles. The minimum Gasteiger partial charge on any atom is -0.360 e. The summed E-state index contributed by atoms with van der Waals surface area (Å²) in [5.41, 5.74) is -0.136. The van der Waals surface area contributed by atoms with Crippen molar-refractivity contribution in [1.29, 1.82) is 0 Å². The predicted molar refractivity (Wildman–Crippen MR) is 85.1 cm³/mol. The maximum atomic E-state index is 11.6. The molecule has 3 rings (SSSR count). The van der Waals surface area contributed by atoms with Gasteiger partial charge in [-0.25, -0.2) is 4.98 Å². The third-order valence-electron chi connectivity index (χ3n) is 3.84. The first-order valence-electron chi connectivity index (χ1n) is 7.65. The summed E-state index contributed by atoms with van der Waals surface area (Å²) in [6, 6.07) is 2.13. The molecule has 6 nitrogen and oxygen atoms in total. The van der Waals surface area contributed by atoms with Gasteiger partial charge in [0.1, 0.15) is 0 Å². The Morgan fingerprint density at radius 1 is 1.29 bits per heavy atom. The number of nitrogens with one attached hydrogen (secondary N) is 2. The first-order chi connectivity index (χ1) is 10.3. The van der Waals surface area contributed by atoms with E-state index in [4.69, 9.17) is 0 Å². The second-order valence-corrected chi connectivity index (χ2v) is 6.41. The second kappa shape index (κ2) is 7.00. The maximum absolute atomic E-state index is 11.6. The third-order valence-corrected chi connectivity index (χ3v) is 4.72. The molecule has 2 aromatic heterocycles. The topological polar surface area (TPSA) is 71.3 Å². The van der Waals surface area contributed by atoms with Gasteiger partial charge in [0.25, 0.3) is 5.56 Å². The van der Waals surface area contributed by atoms with Crippen LogP contribution in [-0.2, 0) is 0 Å². The molecule has 1 aliphatic rings. The van der Waals surface area contributed by atoms with Crippen LogP contribution in [0, 0.1) is 0 Å². The first kappa shape index (κ1) is 14.5. The SMILES string of the molecule is O=c1ccnc2sc(NCCCNC3CCCCC3)nn12. The molecule has 0 atom stereocenters. The summed E-state index contributed by atoms with van der Waals surface area (Å²) >= 11 is 1.41. The van der Waals surface area contributed by atoms with Crippen molar-refractivity contribution in [2.24, 2.45) is 0 Å². The molecular formula is C14H21N5OS. The standard InChI is InChI=1S/C14H21N5OS/c20-12-7-10-17-14-19(12)18-13(21-14)16-9-4-8-15-11-5-2-1-3-6-11/h7,10-11,15H,1-6,8-9H2,(H,16,18). The summed E-state index contributed by atoms with van der Waals surface area (Å²) in [4.78, 5) is 16.3. The van der Waals surface area contributed by atoms with Gasteiger partial charge in [0.15, 0.2) is 0 Å². The highest BCUT2D eigenvalue weighted by atomic mass is 32.1. The van der Waals surface area contributed by atoms with Crippen LogP contribution in [0.4, 0.5) is 5.13 Å². The molecule has 0 saturated heterocycles. The zero-order valence-electron chi connectivity index (χ0n) is 12.0. The predicted octanol–water partition coefficient (Wildman–Crippen LogP) is 1.88. The Morgan fingerprint density at radius 2 is 2.14 bits per heavy atom. The van der Waals surface area contributed by atoms with Gasteiger partial charge in [-0.1, -0.05) is 30.6 Å². The van der Waals surface area contributed by atoms with E-state index >= 15 is 0 Å². The van der Waals surface area contributed by atoms with Crippen molar-refractivity contribution in [3.8, 4) is 0 Å². The Morgan fingerprint density at radius 3 is 2.95 bits per heavy atom. The largest absolute Gasteiger partial charge is 0.360 e. The van der Waals surface area contributed by atoms with Crippen LogP contribution in [0.2, 0.25) is 0 Å². The minimum atomic E-state index is -0.136. The fraction of sp³-hybridized carbons (Fsp3) is 0.643. The van der Waals surface area contributed by atoms with Crippen LogP contribution in [-0.4, -0.2) is 33.7 Å². The summed E-state index contributed by atoms with van der Waals surface area (Å²) < 4.78 is 1.34. The lowest BCUT2D eigenvalue weighted by Gasteiger charge is -2.22. The van der Waals surface area contributed by atoms with Crippen LogP contribution in [0.1, 0.15) is 38.5 Å². The van der Waals surface area contributed by atoms with Crippen LogP contribution in [0.25, 0.3) is 4.96 Å². The zero-order valence-corrected chi connectivity index (χ0v) is 12.9. The molecule has 0 aromatic carbocycles. The monoisotopic (exact) mass is 307 g/mol. The third kappa shape index (κ3) is 3.79. The van der Waals surface area contributed by atoms with Gasteiger partial charge in [-0.05, 0) is 25.8 Å². The molecule has 0 spiro atoms. The van der Waals surface area contributed by atoms with Crippen LogP contribution in [0.5, 0.6) is 0 Å². The molecule has 0 unspecified atom stereocenters. The molecule has 0 aliphatic heterocycles. The maximum Gasteiger partial charge on any atom is 0.275 e. The molecule has 1 saturated carbocycles. The lowest BCUT2D eigenvalue weighted by molar-refractivity contribution is 0.373. The van der Waals surface area contributed by atoms with E-state index < -0.39 is 0 Å². The molecule has 2 N–H and O–H groups in total. The number of hydrogen-bond donors (Lipinski definition) is 2. The van der Waals surface area contributed by atoms with Crippen molar-refractivity contribution in [3.05, 3.63) is 22.6 Å². The van der Waals surface area contributed by atoms with Gasteiger partial charge < -0.3 is 10.6 Å². The lowest BCUT2D eigenvalue weighted by atomic mass is 9.95. The Hall–Kier alpha value is -1.47. The molecule has 2 aromatic rings. The zero-order chi connectivity index (χ0) is 14.5. The van der Waals surface area contributed by atoms with E-state index in [1.54, 1.807) is 0 Å². The van der Waals surface area contributed by atoms with E-state index in [1.165, 1.54) is 60.2 Å². The van der Waals surface area contributed by atoms with Crippen molar-refractivity contribution < 1.29 is 0 Å². The van der Waals surface area contributed by atoms with Crippen LogP contribution < -0.4 is 16.2 Å². The summed E-state index contributed by atoms with van der Waals surface area (Å²) in [6.45, 7) is 1.88. The summed E-state index contributed by atoms with van der Waals surface area (Å²) in [7, 11) is 0. The highest BCUT2D eigenvalue weighted by molar-refractivity contribution is 7.20. The normalized spacial score (nSPS) is 16.4. The number of aromatic nitrogens is 3. The van der Waals surface area contributed by atoms with Crippen LogP contribution in [0.15, 0.2) is 17.1 Å². The molecule has 1 fully saturated rings. The molecule has 0 radical (unpaired) electrons. The van der Waals surface area contributed by atoms with Gasteiger partial charge in [-0.3, -0.25) is 4.79 Å². The van der Waals surface area contributed by atoms with Crippen molar-refractivity contribution in [1.82, 2.24) is 19.9 Å². The van der Waals surface area contributed by atoms with Gasteiger partial charge in [0, 0.05) is 24.8 Å². The Balaban J connectivity index is 1.42. The number of fused-ring (bicyclic) bond motifs is 1. The van der Waals surface area contributed by atoms with Crippen molar-refractivity contribution in [2.45, 2.75) is 44.6 Å². The molecule has 7 heteroatoms. The molecule has 0 bridgehead atoms. The van der Waals surface area contributed by atoms with Crippen molar-refractivity contribution >= 4 is 21.4 Å². The highest BCUT2D eigenvalue weighted by Gasteiger charge is 2.11. The van der Waals surface area contributed by atoms with E-state index in [0.717, 1.165) is 24.6 Å². The summed E-state index contributed by atoms with van der Waals surface area (Å²) in [6.07, 6.45) is 9.33. The Kier molecular flexibility index (Phi) is 4.82. The minimum absolute atomic E-state index is 0.136. The second-order valence-electron chi connectivity index (χ2n) is 5.45. The Bertz CT molecular complexity index is 632. The van der Waals surface area contributed by atoms with Gasteiger partial charge in [0.05, 0.1) is 0 Å². The van der Waals surface area contributed by atoms with Crippen LogP contribution in [0.3, 0.4) is 0 Å². The number of anilines is 1. The number of nitrogens with zero attached hydrogens (tertiary/aromatic N) is 3. The fourth-order valence-corrected chi connectivity index (χ4v) is 3.51. The Labute approximate surface area is 127 Å². The molecular weight excluding hydrogens is 286 g/mol. The van der Waals surface area contributed by atoms with E-state index in [1.807, 2.05) is 0 Å². The van der Waals surface area contributed by atoms with Crippen molar-refractivity contribution in [3.63, 3.8) is 0 Å².